The third-order valence-corrected chi connectivity index (χ3v) is 1.48. The monoisotopic (exact) mass is 174 g/mol. The molecular weight excluding hydrogens is 156 g/mol. The van der Waals surface area contributed by atoms with Gasteiger partial charge in [-0.3, -0.25) is 4.79 Å². The van der Waals surface area contributed by atoms with Crippen LogP contribution in [0.25, 0.3) is 0 Å². The molecular formula is C8H18N2O2. The van der Waals surface area contributed by atoms with Gasteiger partial charge in [-0.05, 0) is 26.7 Å². The van der Waals surface area contributed by atoms with Crippen molar-refractivity contribution in [1.82, 2.24) is 0 Å². The lowest BCUT2D eigenvalue weighted by atomic mass is 10.2. The van der Waals surface area contributed by atoms with Crippen LogP contribution < -0.4 is 11.5 Å². The molecule has 0 spiro atoms. The fraction of sp³-hybridized carbons (Fsp3) is 0.875. The maximum Gasteiger partial charge on any atom is 0.234 e. The van der Waals surface area contributed by atoms with E-state index in [1.54, 1.807) is 0 Å². The Labute approximate surface area is 73.2 Å². The number of nitrogens with two attached hydrogens (primary N) is 2. The molecule has 0 radical (unpaired) electrons. The van der Waals surface area contributed by atoms with Crippen LogP contribution >= 0.6 is 0 Å². The van der Waals surface area contributed by atoms with E-state index >= 15 is 0 Å². The normalized spacial score (nSPS) is 13.3. The molecule has 0 bridgehead atoms. The molecule has 0 aliphatic carbocycles. The van der Waals surface area contributed by atoms with Crippen molar-refractivity contribution in [2.24, 2.45) is 11.5 Å². The second kappa shape index (κ2) is 5.97. The largest absolute Gasteiger partial charge is 0.379 e. The lowest BCUT2D eigenvalue weighted by Gasteiger charge is -2.09. The van der Waals surface area contributed by atoms with Crippen molar-refractivity contribution in [1.29, 1.82) is 0 Å². The number of hydrogen-bond donors (Lipinski definition) is 2. The number of amides is 1. The Balaban J connectivity index is 3.25. The van der Waals surface area contributed by atoms with Crippen molar-refractivity contribution >= 4 is 5.91 Å². The first kappa shape index (κ1) is 11.4. The van der Waals surface area contributed by atoms with Crippen molar-refractivity contribution in [3.8, 4) is 0 Å². The molecule has 12 heavy (non-hydrogen) atoms. The quantitative estimate of drug-likeness (QED) is 0.556. The van der Waals surface area contributed by atoms with Crippen molar-refractivity contribution in [2.75, 3.05) is 6.61 Å². The van der Waals surface area contributed by atoms with Crippen LogP contribution in [0.15, 0.2) is 0 Å². The summed E-state index contributed by atoms with van der Waals surface area (Å²) in [7, 11) is 0. The predicted molar refractivity (Wildman–Crippen MR) is 47.5 cm³/mol. The van der Waals surface area contributed by atoms with E-state index in [-0.39, 0.29) is 6.10 Å². The van der Waals surface area contributed by atoms with Crippen molar-refractivity contribution < 1.29 is 9.53 Å². The number of rotatable bonds is 6. The van der Waals surface area contributed by atoms with Gasteiger partial charge in [-0.15, -0.1) is 0 Å². The van der Waals surface area contributed by atoms with Gasteiger partial charge in [0.05, 0.1) is 12.1 Å². The van der Waals surface area contributed by atoms with E-state index in [0.717, 1.165) is 6.42 Å². The zero-order valence-corrected chi connectivity index (χ0v) is 7.75. The van der Waals surface area contributed by atoms with Crippen molar-refractivity contribution in [3.63, 3.8) is 0 Å². The minimum Gasteiger partial charge on any atom is -0.379 e. The maximum atomic E-state index is 10.5. The van der Waals surface area contributed by atoms with Gasteiger partial charge in [0.25, 0.3) is 0 Å². The molecule has 1 amide bonds. The number of carbonyl (C=O) groups is 1. The Morgan fingerprint density at radius 2 is 2.08 bits per heavy atom. The first-order valence-electron chi connectivity index (χ1n) is 4.20. The molecule has 0 saturated heterocycles. The molecule has 0 fully saturated rings. The molecule has 0 aromatic rings. The maximum absolute atomic E-state index is 10.5. The molecule has 0 aliphatic heterocycles. The van der Waals surface area contributed by atoms with Gasteiger partial charge in [0.2, 0.25) is 5.91 Å². The van der Waals surface area contributed by atoms with Crippen LogP contribution in [0.2, 0.25) is 0 Å². The number of carbonyl (C=O) groups excluding carboxylic acids is 1. The van der Waals surface area contributed by atoms with Gasteiger partial charge < -0.3 is 16.2 Å². The Morgan fingerprint density at radius 3 is 2.50 bits per heavy atom. The SMILES string of the molecule is CC(C)OCCCC(N)C(N)=O. The topological polar surface area (TPSA) is 78.3 Å². The zero-order valence-electron chi connectivity index (χ0n) is 7.75. The third-order valence-electron chi connectivity index (χ3n) is 1.48. The Bertz CT molecular complexity index is 137. The number of primary amides is 1. The van der Waals surface area contributed by atoms with Gasteiger partial charge in [-0.1, -0.05) is 0 Å². The summed E-state index contributed by atoms with van der Waals surface area (Å²) < 4.78 is 5.26. The summed E-state index contributed by atoms with van der Waals surface area (Å²) in [6.07, 6.45) is 1.61. The molecule has 0 aliphatic rings. The average molecular weight is 174 g/mol. The van der Waals surface area contributed by atoms with Gasteiger partial charge in [-0.25, -0.2) is 0 Å². The Morgan fingerprint density at radius 1 is 1.50 bits per heavy atom. The molecule has 4 nitrogen and oxygen atoms in total. The minimum absolute atomic E-state index is 0.231. The number of ether oxygens (including phenoxy) is 1. The Kier molecular flexibility index (Phi) is 5.66. The molecule has 0 aromatic heterocycles. The standard InChI is InChI=1S/C8H18N2O2/c1-6(2)12-5-3-4-7(9)8(10)11/h6-7H,3-5,9H2,1-2H3,(H2,10,11). The minimum atomic E-state index is -0.527. The predicted octanol–water partition coefficient (Wildman–Crippen LogP) is 0.00420. The van der Waals surface area contributed by atoms with Crippen LogP contribution in [0.1, 0.15) is 26.7 Å². The second-order valence-electron chi connectivity index (χ2n) is 3.07. The van der Waals surface area contributed by atoms with E-state index in [2.05, 4.69) is 0 Å². The highest BCUT2D eigenvalue weighted by atomic mass is 16.5. The molecule has 0 rings (SSSR count). The van der Waals surface area contributed by atoms with Crippen LogP contribution in [0.5, 0.6) is 0 Å². The first-order valence-corrected chi connectivity index (χ1v) is 4.20. The van der Waals surface area contributed by atoms with E-state index in [1.807, 2.05) is 13.8 Å². The van der Waals surface area contributed by atoms with Crippen LogP contribution in [-0.4, -0.2) is 24.7 Å². The summed E-state index contributed by atoms with van der Waals surface area (Å²) in [6, 6.07) is -0.527. The number of hydrogen-bond acceptors (Lipinski definition) is 3. The average Bonchev–Trinajstić information content (AvgIpc) is 1.97. The van der Waals surface area contributed by atoms with E-state index < -0.39 is 11.9 Å². The molecule has 0 aromatic carbocycles. The lowest BCUT2D eigenvalue weighted by molar-refractivity contribution is -0.119. The summed E-state index contributed by atoms with van der Waals surface area (Å²) in [5.74, 6) is -0.445. The van der Waals surface area contributed by atoms with Crippen LogP contribution in [0.4, 0.5) is 0 Å². The highest BCUT2D eigenvalue weighted by Gasteiger charge is 2.07. The summed E-state index contributed by atoms with van der Waals surface area (Å²) in [5.41, 5.74) is 10.4. The van der Waals surface area contributed by atoms with E-state index in [0.29, 0.717) is 13.0 Å². The van der Waals surface area contributed by atoms with Gasteiger partial charge in [-0.2, -0.15) is 0 Å². The zero-order chi connectivity index (χ0) is 9.56. The molecule has 4 N–H and O–H groups in total. The van der Waals surface area contributed by atoms with Crippen molar-refractivity contribution in [3.05, 3.63) is 0 Å². The van der Waals surface area contributed by atoms with Gasteiger partial charge in [0.1, 0.15) is 0 Å². The molecule has 1 atom stereocenters. The fourth-order valence-corrected chi connectivity index (χ4v) is 0.765. The lowest BCUT2D eigenvalue weighted by Crippen LogP contribution is -2.36. The highest BCUT2D eigenvalue weighted by molar-refractivity contribution is 5.79. The smallest absolute Gasteiger partial charge is 0.234 e. The second-order valence-corrected chi connectivity index (χ2v) is 3.07. The van der Waals surface area contributed by atoms with E-state index in [1.165, 1.54) is 0 Å². The van der Waals surface area contributed by atoms with Crippen LogP contribution in [0.3, 0.4) is 0 Å². The first-order chi connectivity index (χ1) is 5.54. The Hall–Kier alpha value is -0.610. The molecule has 72 valence electrons. The van der Waals surface area contributed by atoms with Gasteiger partial charge in [0.15, 0.2) is 0 Å². The molecule has 1 unspecified atom stereocenters. The van der Waals surface area contributed by atoms with Gasteiger partial charge >= 0.3 is 0 Å². The van der Waals surface area contributed by atoms with E-state index in [9.17, 15) is 4.79 Å². The third kappa shape index (κ3) is 6.12. The summed E-state index contributed by atoms with van der Waals surface area (Å²) in [6.45, 7) is 4.57. The van der Waals surface area contributed by atoms with Crippen LogP contribution in [0, 0.1) is 0 Å². The molecule has 0 heterocycles. The van der Waals surface area contributed by atoms with Crippen molar-refractivity contribution in [2.45, 2.75) is 38.8 Å². The van der Waals surface area contributed by atoms with Crippen LogP contribution in [-0.2, 0) is 9.53 Å². The summed E-state index contributed by atoms with van der Waals surface area (Å²) in [5, 5.41) is 0. The fourth-order valence-electron chi connectivity index (χ4n) is 0.765. The van der Waals surface area contributed by atoms with Gasteiger partial charge in [0, 0.05) is 6.61 Å². The molecule has 0 saturated carbocycles. The molecule has 4 heteroatoms. The highest BCUT2D eigenvalue weighted by Crippen LogP contribution is 1.96. The summed E-state index contributed by atoms with van der Waals surface area (Å²) >= 11 is 0. The summed E-state index contributed by atoms with van der Waals surface area (Å²) in [4.78, 5) is 10.5. The van der Waals surface area contributed by atoms with E-state index in [4.69, 9.17) is 16.2 Å².